The van der Waals surface area contributed by atoms with E-state index in [0.29, 0.717) is 30.6 Å². The van der Waals surface area contributed by atoms with Crippen molar-refractivity contribution in [3.05, 3.63) is 17.5 Å². The summed E-state index contributed by atoms with van der Waals surface area (Å²) in [4.78, 5) is 16.7. The summed E-state index contributed by atoms with van der Waals surface area (Å²) in [6.45, 7) is 6.37. The molecule has 1 spiro atoms. The summed E-state index contributed by atoms with van der Waals surface area (Å²) in [7, 11) is 0. The van der Waals surface area contributed by atoms with Gasteiger partial charge in [0.15, 0.2) is 5.69 Å². The van der Waals surface area contributed by atoms with Crippen molar-refractivity contribution in [3.8, 4) is 0 Å². The number of carbonyl (C=O) groups is 1. The standard InChI is InChI=1S/C16H23N3O3/c1-12-7-14(17-22-12)15(20)19-10-16(11-19)8-13(9-21-16)18-5-3-2-4-6-18/h7,13H,2-6,8-11H2,1H3. The second-order valence-corrected chi connectivity index (χ2v) is 6.93. The van der Waals surface area contributed by atoms with Crippen LogP contribution in [0.1, 0.15) is 41.9 Å². The minimum Gasteiger partial charge on any atom is -0.370 e. The van der Waals surface area contributed by atoms with Crippen molar-refractivity contribution in [2.75, 3.05) is 32.8 Å². The molecule has 3 fully saturated rings. The lowest BCUT2D eigenvalue weighted by Gasteiger charge is -2.47. The number of nitrogens with zero attached hydrogens (tertiary/aromatic N) is 3. The van der Waals surface area contributed by atoms with E-state index in [1.54, 1.807) is 13.0 Å². The Labute approximate surface area is 130 Å². The molecular weight excluding hydrogens is 282 g/mol. The molecule has 1 aromatic rings. The molecule has 0 bridgehead atoms. The number of aryl methyl sites for hydroxylation is 1. The number of hydrogen-bond donors (Lipinski definition) is 0. The van der Waals surface area contributed by atoms with Crippen LogP contribution in [0.15, 0.2) is 10.6 Å². The number of hydrogen-bond acceptors (Lipinski definition) is 5. The Morgan fingerprint density at radius 1 is 1.32 bits per heavy atom. The molecule has 4 heterocycles. The zero-order valence-electron chi connectivity index (χ0n) is 13.1. The van der Waals surface area contributed by atoms with Gasteiger partial charge in [0, 0.05) is 12.1 Å². The van der Waals surface area contributed by atoms with Crippen LogP contribution in [0.2, 0.25) is 0 Å². The van der Waals surface area contributed by atoms with Crippen molar-refractivity contribution in [2.45, 2.75) is 44.2 Å². The molecule has 120 valence electrons. The van der Waals surface area contributed by atoms with Crippen LogP contribution in [-0.4, -0.2) is 65.3 Å². The van der Waals surface area contributed by atoms with E-state index < -0.39 is 0 Å². The third-order valence-corrected chi connectivity index (χ3v) is 5.19. The Hall–Kier alpha value is -1.40. The molecule has 3 saturated heterocycles. The van der Waals surface area contributed by atoms with Gasteiger partial charge in [-0.15, -0.1) is 0 Å². The Balaban J connectivity index is 1.34. The highest BCUT2D eigenvalue weighted by Crippen LogP contribution is 2.38. The van der Waals surface area contributed by atoms with Crippen molar-refractivity contribution >= 4 is 5.91 Å². The molecule has 0 N–H and O–H groups in total. The van der Waals surface area contributed by atoms with Gasteiger partial charge in [-0.3, -0.25) is 9.69 Å². The van der Waals surface area contributed by atoms with Crippen molar-refractivity contribution in [1.82, 2.24) is 15.0 Å². The van der Waals surface area contributed by atoms with E-state index in [-0.39, 0.29) is 11.5 Å². The van der Waals surface area contributed by atoms with Crippen LogP contribution in [0.4, 0.5) is 0 Å². The number of ether oxygens (including phenoxy) is 1. The predicted molar refractivity (Wildman–Crippen MR) is 79.7 cm³/mol. The number of amides is 1. The van der Waals surface area contributed by atoms with Crippen LogP contribution in [0.25, 0.3) is 0 Å². The molecule has 1 amide bonds. The molecule has 1 atom stereocenters. The second-order valence-electron chi connectivity index (χ2n) is 6.93. The quantitative estimate of drug-likeness (QED) is 0.828. The molecule has 0 radical (unpaired) electrons. The molecule has 3 aliphatic rings. The average Bonchev–Trinajstić information content (AvgIpc) is 3.12. The van der Waals surface area contributed by atoms with Gasteiger partial charge in [0.2, 0.25) is 0 Å². The molecule has 0 aromatic carbocycles. The topological polar surface area (TPSA) is 58.8 Å². The summed E-state index contributed by atoms with van der Waals surface area (Å²) < 4.78 is 11.1. The summed E-state index contributed by atoms with van der Waals surface area (Å²) in [5, 5.41) is 3.81. The number of carbonyl (C=O) groups excluding carboxylic acids is 1. The summed E-state index contributed by atoms with van der Waals surface area (Å²) in [6.07, 6.45) is 5.02. The second kappa shape index (κ2) is 5.35. The van der Waals surface area contributed by atoms with Crippen molar-refractivity contribution in [1.29, 1.82) is 0 Å². The first kappa shape index (κ1) is 14.2. The summed E-state index contributed by atoms with van der Waals surface area (Å²) in [5.74, 6) is 0.619. The fraction of sp³-hybridized carbons (Fsp3) is 0.750. The minimum atomic E-state index is -0.115. The first-order valence-corrected chi connectivity index (χ1v) is 8.26. The maximum atomic E-state index is 12.3. The van der Waals surface area contributed by atoms with E-state index in [2.05, 4.69) is 10.1 Å². The molecule has 1 unspecified atom stereocenters. The zero-order valence-corrected chi connectivity index (χ0v) is 13.1. The zero-order chi connectivity index (χ0) is 15.2. The molecule has 0 saturated carbocycles. The summed E-state index contributed by atoms with van der Waals surface area (Å²) >= 11 is 0. The monoisotopic (exact) mass is 305 g/mol. The average molecular weight is 305 g/mol. The summed E-state index contributed by atoms with van der Waals surface area (Å²) in [5.41, 5.74) is 0.286. The van der Waals surface area contributed by atoms with E-state index in [4.69, 9.17) is 9.26 Å². The molecular formula is C16H23N3O3. The van der Waals surface area contributed by atoms with Gasteiger partial charge in [0.05, 0.1) is 19.7 Å². The van der Waals surface area contributed by atoms with E-state index in [1.807, 2.05) is 4.90 Å². The summed E-state index contributed by atoms with van der Waals surface area (Å²) in [6, 6.07) is 2.23. The van der Waals surface area contributed by atoms with Crippen molar-refractivity contribution in [3.63, 3.8) is 0 Å². The van der Waals surface area contributed by atoms with Gasteiger partial charge in [-0.25, -0.2) is 0 Å². The van der Waals surface area contributed by atoms with Crippen LogP contribution in [0, 0.1) is 6.92 Å². The third-order valence-electron chi connectivity index (χ3n) is 5.19. The SMILES string of the molecule is Cc1cc(C(=O)N2CC3(CC(N4CCCCC4)CO3)C2)no1. The maximum Gasteiger partial charge on any atom is 0.276 e. The van der Waals surface area contributed by atoms with Gasteiger partial charge in [-0.1, -0.05) is 11.6 Å². The largest absolute Gasteiger partial charge is 0.370 e. The van der Waals surface area contributed by atoms with Crippen LogP contribution >= 0.6 is 0 Å². The highest BCUT2D eigenvalue weighted by molar-refractivity contribution is 5.93. The van der Waals surface area contributed by atoms with E-state index in [1.165, 1.54) is 32.4 Å². The van der Waals surface area contributed by atoms with Gasteiger partial charge in [-0.2, -0.15) is 0 Å². The number of aromatic nitrogens is 1. The van der Waals surface area contributed by atoms with Gasteiger partial charge < -0.3 is 14.2 Å². The van der Waals surface area contributed by atoms with Crippen LogP contribution in [-0.2, 0) is 4.74 Å². The van der Waals surface area contributed by atoms with Crippen LogP contribution < -0.4 is 0 Å². The number of piperidine rings is 1. The smallest absolute Gasteiger partial charge is 0.276 e. The third kappa shape index (κ3) is 2.44. The van der Waals surface area contributed by atoms with Crippen LogP contribution in [0.5, 0.6) is 0 Å². The highest BCUT2D eigenvalue weighted by Gasteiger charge is 2.52. The molecule has 6 nitrogen and oxygen atoms in total. The van der Waals surface area contributed by atoms with Crippen molar-refractivity contribution < 1.29 is 14.1 Å². The predicted octanol–water partition coefficient (Wildman–Crippen LogP) is 1.45. The minimum absolute atomic E-state index is 0.0486. The fourth-order valence-electron chi connectivity index (χ4n) is 3.98. The molecule has 0 aliphatic carbocycles. The van der Waals surface area contributed by atoms with E-state index in [9.17, 15) is 4.79 Å². The normalized spacial score (nSPS) is 28.0. The first-order chi connectivity index (χ1) is 10.7. The number of likely N-dealkylation sites (tertiary alicyclic amines) is 2. The molecule has 4 rings (SSSR count). The van der Waals surface area contributed by atoms with E-state index in [0.717, 1.165) is 13.0 Å². The lowest BCUT2D eigenvalue weighted by atomic mass is 9.88. The lowest BCUT2D eigenvalue weighted by Crippen LogP contribution is -2.63. The lowest BCUT2D eigenvalue weighted by molar-refractivity contribution is -0.0953. The van der Waals surface area contributed by atoms with Gasteiger partial charge in [0.25, 0.3) is 5.91 Å². The highest BCUT2D eigenvalue weighted by atomic mass is 16.5. The Kier molecular flexibility index (Phi) is 3.46. The molecule has 6 heteroatoms. The Morgan fingerprint density at radius 2 is 2.09 bits per heavy atom. The van der Waals surface area contributed by atoms with Gasteiger partial charge in [-0.05, 0) is 39.3 Å². The van der Waals surface area contributed by atoms with Crippen LogP contribution in [0.3, 0.4) is 0 Å². The Bertz CT molecular complexity index is 559. The van der Waals surface area contributed by atoms with Crippen molar-refractivity contribution in [2.24, 2.45) is 0 Å². The number of rotatable bonds is 2. The van der Waals surface area contributed by atoms with E-state index >= 15 is 0 Å². The Morgan fingerprint density at radius 3 is 2.77 bits per heavy atom. The molecule has 3 aliphatic heterocycles. The fourth-order valence-corrected chi connectivity index (χ4v) is 3.98. The van der Waals surface area contributed by atoms with Gasteiger partial charge >= 0.3 is 0 Å². The molecule has 22 heavy (non-hydrogen) atoms. The first-order valence-electron chi connectivity index (χ1n) is 8.26. The van der Waals surface area contributed by atoms with Gasteiger partial charge in [0.1, 0.15) is 11.4 Å². The maximum absolute atomic E-state index is 12.3. The molecule has 1 aromatic heterocycles.